The van der Waals surface area contributed by atoms with Crippen molar-refractivity contribution in [3.63, 3.8) is 0 Å². The van der Waals surface area contributed by atoms with Crippen LogP contribution in [0.3, 0.4) is 0 Å². The average Bonchev–Trinajstić information content (AvgIpc) is 3.05. The molecule has 0 radical (unpaired) electrons. The first-order valence-corrected chi connectivity index (χ1v) is 8.98. The second-order valence-electron chi connectivity index (χ2n) is 6.55. The van der Waals surface area contributed by atoms with Crippen LogP contribution in [0.5, 0.6) is 5.75 Å². The second kappa shape index (κ2) is 8.08. The van der Waals surface area contributed by atoms with Gasteiger partial charge in [0.15, 0.2) is 0 Å². The molecular formula is C20H21N3O5. The summed E-state index contributed by atoms with van der Waals surface area (Å²) in [6.45, 7) is 4.19. The van der Waals surface area contributed by atoms with Gasteiger partial charge in [0, 0.05) is 30.3 Å². The summed E-state index contributed by atoms with van der Waals surface area (Å²) < 4.78 is 5.58. The lowest BCUT2D eigenvalue weighted by molar-refractivity contribution is -0.385. The highest BCUT2D eigenvalue weighted by Gasteiger charge is 2.36. The number of nitro benzene ring substituents is 1. The van der Waals surface area contributed by atoms with Crippen molar-refractivity contribution in [2.24, 2.45) is 5.92 Å². The Balaban J connectivity index is 1.74. The molecule has 146 valence electrons. The Morgan fingerprint density at radius 2 is 2.07 bits per heavy atom. The number of anilines is 2. The van der Waals surface area contributed by atoms with Gasteiger partial charge in [-0.3, -0.25) is 19.7 Å². The molecule has 0 spiro atoms. The Labute approximate surface area is 162 Å². The Bertz CT molecular complexity index is 928. The number of ether oxygens (including phenoxy) is 1. The summed E-state index contributed by atoms with van der Waals surface area (Å²) in [5.41, 5.74) is 1.42. The number of hydrogen-bond donors (Lipinski definition) is 1. The van der Waals surface area contributed by atoms with E-state index in [4.69, 9.17) is 4.74 Å². The zero-order valence-electron chi connectivity index (χ0n) is 15.7. The van der Waals surface area contributed by atoms with Gasteiger partial charge in [-0.15, -0.1) is 0 Å². The highest BCUT2D eigenvalue weighted by atomic mass is 16.6. The number of nitrogens with one attached hydrogen (secondary N) is 1. The quantitative estimate of drug-likeness (QED) is 0.609. The molecule has 8 heteroatoms. The molecule has 1 fully saturated rings. The average molecular weight is 383 g/mol. The van der Waals surface area contributed by atoms with E-state index in [1.807, 2.05) is 19.1 Å². The molecule has 2 aromatic carbocycles. The molecule has 1 unspecified atom stereocenters. The van der Waals surface area contributed by atoms with E-state index in [0.29, 0.717) is 29.3 Å². The molecule has 0 saturated carbocycles. The van der Waals surface area contributed by atoms with Crippen molar-refractivity contribution >= 4 is 28.9 Å². The van der Waals surface area contributed by atoms with Crippen LogP contribution in [-0.4, -0.2) is 29.9 Å². The number of carbonyl (C=O) groups excluding carboxylic acids is 2. The minimum absolute atomic E-state index is 0.0624. The molecular weight excluding hydrogens is 362 g/mol. The molecule has 8 nitrogen and oxygen atoms in total. The molecule has 0 aliphatic carbocycles. The fraction of sp³-hybridized carbons (Fsp3) is 0.300. The first kappa shape index (κ1) is 19.3. The number of hydrogen-bond acceptors (Lipinski definition) is 5. The van der Waals surface area contributed by atoms with Gasteiger partial charge in [0.2, 0.25) is 11.8 Å². The standard InChI is InChI=1S/C20H21N3O5/c1-3-28-18-7-5-4-6-16(18)22-12-14(10-19(22)24)20(25)21-15-9-8-13(2)17(11-15)23(26)27/h4-9,11,14H,3,10,12H2,1-2H3,(H,21,25). The molecule has 0 bridgehead atoms. The summed E-state index contributed by atoms with van der Waals surface area (Å²) in [7, 11) is 0. The predicted molar refractivity (Wildman–Crippen MR) is 105 cm³/mol. The second-order valence-corrected chi connectivity index (χ2v) is 6.55. The third kappa shape index (κ3) is 3.95. The summed E-state index contributed by atoms with van der Waals surface area (Å²) in [5, 5.41) is 13.8. The van der Waals surface area contributed by atoms with E-state index < -0.39 is 10.8 Å². The van der Waals surface area contributed by atoms with Crippen molar-refractivity contribution in [3.05, 3.63) is 58.1 Å². The van der Waals surface area contributed by atoms with Gasteiger partial charge in [-0.25, -0.2) is 0 Å². The molecule has 2 aromatic rings. The molecule has 2 amide bonds. The van der Waals surface area contributed by atoms with Crippen molar-refractivity contribution in [2.45, 2.75) is 20.3 Å². The molecule has 1 atom stereocenters. The number of para-hydroxylation sites is 2. The SMILES string of the molecule is CCOc1ccccc1N1CC(C(=O)Nc2ccc(C)c([N+](=O)[O-])c2)CC1=O. The van der Waals surface area contributed by atoms with Gasteiger partial charge in [-0.1, -0.05) is 18.2 Å². The van der Waals surface area contributed by atoms with Gasteiger partial charge < -0.3 is 15.0 Å². The van der Waals surface area contributed by atoms with Crippen LogP contribution in [0.4, 0.5) is 17.1 Å². The highest BCUT2D eigenvalue weighted by Crippen LogP contribution is 2.33. The highest BCUT2D eigenvalue weighted by molar-refractivity contribution is 6.04. The fourth-order valence-electron chi connectivity index (χ4n) is 3.20. The zero-order valence-corrected chi connectivity index (χ0v) is 15.7. The Kier molecular flexibility index (Phi) is 5.58. The monoisotopic (exact) mass is 383 g/mol. The minimum Gasteiger partial charge on any atom is -0.492 e. The van der Waals surface area contributed by atoms with Crippen LogP contribution < -0.4 is 15.0 Å². The van der Waals surface area contributed by atoms with E-state index in [-0.39, 0.29) is 30.5 Å². The van der Waals surface area contributed by atoms with Gasteiger partial charge in [0.25, 0.3) is 5.69 Å². The number of rotatable bonds is 6. The van der Waals surface area contributed by atoms with Gasteiger partial charge >= 0.3 is 0 Å². The van der Waals surface area contributed by atoms with Crippen LogP contribution in [0, 0.1) is 23.0 Å². The van der Waals surface area contributed by atoms with Crippen LogP contribution in [-0.2, 0) is 9.59 Å². The Hall–Kier alpha value is -3.42. The van der Waals surface area contributed by atoms with Crippen LogP contribution in [0.25, 0.3) is 0 Å². The summed E-state index contributed by atoms with van der Waals surface area (Å²) >= 11 is 0. The molecule has 1 aliphatic heterocycles. The van der Waals surface area contributed by atoms with Gasteiger partial charge in [0.1, 0.15) is 5.75 Å². The van der Waals surface area contributed by atoms with Crippen molar-refractivity contribution in [3.8, 4) is 5.75 Å². The van der Waals surface area contributed by atoms with E-state index in [9.17, 15) is 19.7 Å². The first-order chi connectivity index (χ1) is 13.4. The number of amides is 2. The normalized spacial score (nSPS) is 16.1. The number of benzene rings is 2. The molecule has 1 heterocycles. The van der Waals surface area contributed by atoms with Gasteiger partial charge in [-0.2, -0.15) is 0 Å². The summed E-state index contributed by atoms with van der Waals surface area (Å²) in [6, 6.07) is 11.7. The smallest absolute Gasteiger partial charge is 0.274 e. The van der Waals surface area contributed by atoms with Crippen LogP contribution >= 0.6 is 0 Å². The van der Waals surface area contributed by atoms with Gasteiger partial charge in [-0.05, 0) is 32.0 Å². The molecule has 28 heavy (non-hydrogen) atoms. The van der Waals surface area contributed by atoms with E-state index in [2.05, 4.69) is 5.32 Å². The Morgan fingerprint density at radius 1 is 1.32 bits per heavy atom. The third-order valence-electron chi connectivity index (χ3n) is 4.63. The van der Waals surface area contributed by atoms with Crippen molar-refractivity contribution in [1.29, 1.82) is 0 Å². The first-order valence-electron chi connectivity index (χ1n) is 8.98. The number of aryl methyl sites for hydroxylation is 1. The molecule has 1 N–H and O–H groups in total. The van der Waals surface area contributed by atoms with E-state index in [1.54, 1.807) is 36.1 Å². The summed E-state index contributed by atoms with van der Waals surface area (Å²) in [6.07, 6.45) is 0.0697. The third-order valence-corrected chi connectivity index (χ3v) is 4.63. The van der Waals surface area contributed by atoms with Crippen LogP contribution in [0.15, 0.2) is 42.5 Å². The maximum Gasteiger partial charge on any atom is 0.274 e. The zero-order chi connectivity index (χ0) is 20.3. The maximum absolute atomic E-state index is 12.6. The van der Waals surface area contributed by atoms with E-state index in [0.717, 1.165) is 0 Å². The number of nitro groups is 1. The number of nitrogens with zero attached hydrogens (tertiary/aromatic N) is 2. The topological polar surface area (TPSA) is 102 Å². The predicted octanol–water partition coefficient (Wildman–Crippen LogP) is 3.29. The summed E-state index contributed by atoms with van der Waals surface area (Å²) in [5.74, 6) is -0.471. The largest absolute Gasteiger partial charge is 0.492 e. The number of carbonyl (C=O) groups is 2. The molecule has 1 saturated heterocycles. The van der Waals surface area contributed by atoms with Gasteiger partial charge in [0.05, 0.1) is 23.1 Å². The molecule has 0 aromatic heterocycles. The molecule has 3 rings (SSSR count). The van der Waals surface area contributed by atoms with E-state index >= 15 is 0 Å². The fourth-order valence-corrected chi connectivity index (χ4v) is 3.20. The van der Waals surface area contributed by atoms with Crippen molar-refractivity contribution < 1.29 is 19.2 Å². The van der Waals surface area contributed by atoms with Crippen LogP contribution in [0.1, 0.15) is 18.9 Å². The lowest BCUT2D eigenvalue weighted by Crippen LogP contribution is -2.28. The minimum atomic E-state index is -0.553. The van der Waals surface area contributed by atoms with Crippen molar-refractivity contribution in [1.82, 2.24) is 0 Å². The Morgan fingerprint density at radius 3 is 2.79 bits per heavy atom. The maximum atomic E-state index is 12.6. The van der Waals surface area contributed by atoms with E-state index in [1.165, 1.54) is 6.07 Å². The molecule has 1 aliphatic rings. The lowest BCUT2D eigenvalue weighted by Gasteiger charge is -2.20. The summed E-state index contributed by atoms with van der Waals surface area (Å²) in [4.78, 5) is 37.2. The lowest BCUT2D eigenvalue weighted by atomic mass is 10.1. The van der Waals surface area contributed by atoms with Crippen LogP contribution in [0.2, 0.25) is 0 Å². The van der Waals surface area contributed by atoms with Crippen molar-refractivity contribution in [2.75, 3.05) is 23.4 Å².